The molecule has 1 unspecified atom stereocenters. The summed E-state index contributed by atoms with van der Waals surface area (Å²) in [5, 5.41) is 1.90. The number of halogens is 3. The summed E-state index contributed by atoms with van der Waals surface area (Å²) in [4.78, 5) is 0.668. The zero-order chi connectivity index (χ0) is 24.2. The van der Waals surface area contributed by atoms with Gasteiger partial charge in [0.25, 0.3) is 0 Å². The maximum atomic E-state index is 14.4. The summed E-state index contributed by atoms with van der Waals surface area (Å²) in [6, 6.07) is 17.8. The first-order valence-corrected chi connectivity index (χ1v) is 12.8. The molecule has 174 valence electrons. The molecule has 1 aliphatic rings. The van der Waals surface area contributed by atoms with Crippen LogP contribution in [-0.2, 0) is 15.9 Å². The average Bonchev–Trinajstić information content (AvgIpc) is 2.80. The van der Waals surface area contributed by atoms with Gasteiger partial charge in [-0.05, 0) is 74.0 Å². The molecule has 1 heterocycles. The monoisotopic (exact) mass is 481 g/mol. The molecule has 0 saturated carbocycles. The number of hydrogen-bond donors (Lipinski definition) is 1. The minimum atomic E-state index is -2.36. The van der Waals surface area contributed by atoms with Crippen LogP contribution in [0.5, 0.6) is 5.75 Å². The fourth-order valence-electron chi connectivity index (χ4n) is 4.42. The Morgan fingerprint density at radius 1 is 0.941 bits per heavy atom. The summed E-state index contributed by atoms with van der Waals surface area (Å²) in [7, 11) is -2.36. The molecule has 0 bridgehead atoms. The Balaban J connectivity index is 1.58. The van der Waals surface area contributed by atoms with E-state index in [2.05, 4.69) is 5.87 Å². The molecule has 3 atom stereocenters. The van der Waals surface area contributed by atoms with Gasteiger partial charge in [-0.1, -0.05) is 30.3 Å². The molecule has 0 spiro atoms. The number of rotatable bonds is 3. The molecule has 4 aromatic carbocycles. The van der Waals surface area contributed by atoms with Crippen molar-refractivity contribution < 1.29 is 22.1 Å². The van der Waals surface area contributed by atoms with Crippen molar-refractivity contribution in [2.24, 2.45) is 5.73 Å². The van der Waals surface area contributed by atoms with Crippen LogP contribution in [0.25, 0.3) is 21.9 Å². The van der Waals surface area contributed by atoms with E-state index in [1.165, 1.54) is 0 Å². The number of benzene rings is 4. The van der Waals surface area contributed by atoms with Crippen LogP contribution < -0.4 is 10.5 Å². The van der Waals surface area contributed by atoms with Crippen molar-refractivity contribution in [2.75, 3.05) is 6.26 Å². The third-order valence-electron chi connectivity index (χ3n) is 6.18. The zero-order valence-electron chi connectivity index (χ0n) is 18.4. The number of nitrogens with two attached hydrogens (primary N) is 1. The molecule has 7 heteroatoms. The van der Waals surface area contributed by atoms with Crippen LogP contribution in [-0.4, -0.2) is 22.4 Å². The fraction of sp³-hybridized carbons (Fsp3) is 0.148. The van der Waals surface area contributed by atoms with Gasteiger partial charge < -0.3 is 10.5 Å². The van der Waals surface area contributed by atoms with Gasteiger partial charge in [-0.15, -0.1) is 0 Å². The second kappa shape index (κ2) is 8.18. The highest BCUT2D eigenvalue weighted by Crippen LogP contribution is 2.40. The maximum Gasteiger partial charge on any atom is 0.161 e. The summed E-state index contributed by atoms with van der Waals surface area (Å²) in [5.41, 5.74) is 8.92. The van der Waals surface area contributed by atoms with Gasteiger partial charge in [0.1, 0.15) is 17.7 Å². The van der Waals surface area contributed by atoms with Gasteiger partial charge in [-0.25, -0.2) is 13.2 Å². The van der Waals surface area contributed by atoms with Crippen LogP contribution in [0.15, 0.2) is 71.6 Å². The van der Waals surface area contributed by atoms with Crippen LogP contribution >= 0.6 is 0 Å². The molecule has 4 aromatic rings. The number of hydrogen-bond acceptors (Lipinski definition) is 3. The molecule has 5 rings (SSSR count). The second-order valence-electron chi connectivity index (χ2n) is 8.71. The SMILES string of the molecule is C=S(C)(=O)c1cccc(-c2ccc3ccc4c(c3c2)C[C@H](N)[C@@H](c2cc(F)c(F)cc2F)O4)c1. The lowest BCUT2D eigenvalue weighted by Crippen LogP contribution is -2.38. The first kappa shape index (κ1) is 22.5. The van der Waals surface area contributed by atoms with Crippen molar-refractivity contribution in [1.29, 1.82) is 0 Å². The Bertz CT molecular complexity index is 1550. The van der Waals surface area contributed by atoms with E-state index in [-0.39, 0.29) is 5.56 Å². The predicted octanol–water partition coefficient (Wildman–Crippen LogP) is 5.63. The first-order valence-electron chi connectivity index (χ1n) is 10.7. The van der Waals surface area contributed by atoms with Crippen molar-refractivity contribution in [3.63, 3.8) is 0 Å². The van der Waals surface area contributed by atoms with Gasteiger partial charge in [-0.2, -0.15) is 0 Å². The van der Waals surface area contributed by atoms with Crippen LogP contribution in [0.4, 0.5) is 13.2 Å². The molecule has 0 aliphatic carbocycles. The van der Waals surface area contributed by atoms with Crippen molar-refractivity contribution in [2.45, 2.75) is 23.5 Å². The van der Waals surface area contributed by atoms with Crippen LogP contribution in [0, 0.1) is 17.5 Å². The summed E-state index contributed by atoms with van der Waals surface area (Å²) in [5.74, 6) is 0.975. The minimum absolute atomic E-state index is 0.112. The third-order valence-corrected chi connectivity index (χ3v) is 7.44. The van der Waals surface area contributed by atoms with E-state index in [4.69, 9.17) is 10.5 Å². The minimum Gasteiger partial charge on any atom is -0.484 e. The van der Waals surface area contributed by atoms with E-state index in [1.807, 2.05) is 42.5 Å². The van der Waals surface area contributed by atoms with Gasteiger partial charge in [0.05, 0.1) is 6.04 Å². The standard InChI is InChI=1S/C27H22F3NO2S/c1-34(2,32)18-5-3-4-16(10-18)17-7-6-15-8-9-26-20(19(15)11-17)13-25(31)27(33-26)21-12-23(29)24(30)14-22(21)28/h3-12,14,25,27H,1,13,31H2,2H3/t25-,27+,34?/m0/s1. The highest BCUT2D eigenvalue weighted by molar-refractivity contribution is 7.99. The predicted molar refractivity (Wildman–Crippen MR) is 130 cm³/mol. The molecule has 2 N–H and O–H groups in total. The smallest absolute Gasteiger partial charge is 0.161 e. The summed E-state index contributed by atoms with van der Waals surface area (Å²) in [6.07, 6.45) is 1.02. The van der Waals surface area contributed by atoms with Gasteiger partial charge in [-0.3, -0.25) is 4.21 Å². The number of fused-ring (bicyclic) bond motifs is 3. The highest BCUT2D eigenvalue weighted by Gasteiger charge is 2.32. The van der Waals surface area contributed by atoms with Crippen molar-refractivity contribution in [3.05, 3.63) is 95.3 Å². The first-order chi connectivity index (χ1) is 16.1. The molecule has 3 nitrogen and oxygen atoms in total. The molecule has 0 aromatic heterocycles. The van der Waals surface area contributed by atoms with Crippen molar-refractivity contribution in [1.82, 2.24) is 0 Å². The summed E-state index contributed by atoms with van der Waals surface area (Å²) in [6.45, 7) is 0. The van der Waals surface area contributed by atoms with Crippen molar-refractivity contribution in [3.8, 4) is 16.9 Å². The Kier molecular flexibility index (Phi) is 5.41. The molecular formula is C27H22F3NO2S. The van der Waals surface area contributed by atoms with Gasteiger partial charge >= 0.3 is 0 Å². The summed E-state index contributed by atoms with van der Waals surface area (Å²) >= 11 is 0. The van der Waals surface area contributed by atoms with Crippen LogP contribution in [0.1, 0.15) is 17.2 Å². The Hall–Kier alpha value is -3.29. The topological polar surface area (TPSA) is 52.3 Å². The normalized spacial score (nSPS) is 19.3. The Morgan fingerprint density at radius 3 is 2.41 bits per heavy atom. The Morgan fingerprint density at radius 2 is 1.65 bits per heavy atom. The molecule has 1 aliphatic heterocycles. The van der Waals surface area contributed by atoms with Gasteiger partial charge in [0.2, 0.25) is 0 Å². The lowest BCUT2D eigenvalue weighted by atomic mass is 9.89. The molecule has 34 heavy (non-hydrogen) atoms. The van der Waals surface area contributed by atoms with E-state index in [9.17, 15) is 17.4 Å². The third kappa shape index (κ3) is 3.95. The van der Waals surface area contributed by atoms with Gasteiger partial charge in [0, 0.05) is 28.3 Å². The maximum absolute atomic E-state index is 14.4. The van der Waals surface area contributed by atoms with E-state index in [0.717, 1.165) is 33.5 Å². The molecule has 0 fully saturated rings. The summed E-state index contributed by atoms with van der Waals surface area (Å²) < 4.78 is 60.0. The lowest BCUT2D eigenvalue weighted by molar-refractivity contribution is 0.149. The Labute approximate surface area is 196 Å². The molecule has 0 radical (unpaired) electrons. The largest absolute Gasteiger partial charge is 0.484 e. The highest BCUT2D eigenvalue weighted by atomic mass is 32.2. The molecular weight excluding hydrogens is 459 g/mol. The van der Waals surface area contributed by atoms with E-state index >= 15 is 0 Å². The quantitative estimate of drug-likeness (QED) is 0.305. The van der Waals surface area contributed by atoms with Gasteiger partial charge in [0.15, 0.2) is 11.6 Å². The van der Waals surface area contributed by atoms with Crippen molar-refractivity contribution >= 4 is 26.2 Å². The average molecular weight is 482 g/mol. The van der Waals surface area contributed by atoms with Crippen LogP contribution in [0.3, 0.4) is 0 Å². The van der Waals surface area contributed by atoms with E-state index < -0.39 is 39.1 Å². The molecule has 0 amide bonds. The zero-order valence-corrected chi connectivity index (χ0v) is 19.2. The fourth-order valence-corrected chi connectivity index (χ4v) is 5.17. The lowest BCUT2D eigenvalue weighted by Gasteiger charge is -2.32. The van der Waals surface area contributed by atoms with E-state index in [1.54, 1.807) is 18.4 Å². The molecule has 0 saturated heterocycles. The second-order valence-corrected chi connectivity index (χ2v) is 11.2. The number of ether oxygens (including phenoxy) is 1. The van der Waals surface area contributed by atoms with Crippen LogP contribution in [0.2, 0.25) is 0 Å². The van der Waals surface area contributed by atoms with E-state index in [0.29, 0.717) is 23.1 Å².